The van der Waals surface area contributed by atoms with E-state index in [0.29, 0.717) is 6.04 Å². The Bertz CT molecular complexity index is 394. The number of hydrogen-bond acceptors (Lipinski definition) is 2. The molecule has 0 aliphatic carbocycles. The van der Waals surface area contributed by atoms with Crippen molar-refractivity contribution >= 4 is 27.5 Å². The van der Waals surface area contributed by atoms with Gasteiger partial charge in [-0.1, -0.05) is 47.4 Å². The first-order valence-corrected chi connectivity index (χ1v) is 8.08. The van der Waals surface area contributed by atoms with E-state index in [9.17, 15) is 0 Å². The summed E-state index contributed by atoms with van der Waals surface area (Å²) in [4.78, 5) is 2.42. The molecular weight excluding hydrogens is 324 g/mol. The van der Waals surface area contributed by atoms with Gasteiger partial charge in [-0.2, -0.15) is 0 Å². The topological polar surface area (TPSA) is 15.3 Å². The van der Waals surface area contributed by atoms with Crippen LogP contribution in [0, 0.1) is 0 Å². The highest BCUT2D eigenvalue weighted by Gasteiger charge is 2.14. The number of hydrogen-bond donors (Lipinski definition) is 1. The maximum absolute atomic E-state index is 6.29. The van der Waals surface area contributed by atoms with Gasteiger partial charge in [0.05, 0.1) is 0 Å². The molecule has 0 radical (unpaired) electrons. The molecule has 0 bridgehead atoms. The summed E-state index contributed by atoms with van der Waals surface area (Å²) in [5.74, 6) is 0. The lowest BCUT2D eigenvalue weighted by Crippen LogP contribution is -2.40. The summed E-state index contributed by atoms with van der Waals surface area (Å²) in [6.07, 6.45) is 0. The Kier molecular flexibility index (Phi) is 7.37. The molecule has 1 N–H and O–H groups in total. The van der Waals surface area contributed by atoms with Crippen LogP contribution in [0.25, 0.3) is 0 Å². The van der Waals surface area contributed by atoms with Gasteiger partial charge in [0, 0.05) is 28.1 Å². The second-order valence-corrected chi connectivity index (χ2v) is 6.26. The van der Waals surface area contributed by atoms with Gasteiger partial charge in [0.15, 0.2) is 0 Å². The van der Waals surface area contributed by atoms with Crippen molar-refractivity contribution in [1.29, 1.82) is 0 Å². The van der Waals surface area contributed by atoms with E-state index in [1.54, 1.807) is 0 Å². The van der Waals surface area contributed by atoms with Crippen LogP contribution >= 0.6 is 27.5 Å². The molecule has 1 aromatic rings. The number of halogens is 2. The quantitative estimate of drug-likeness (QED) is 0.782. The SMILES string of the molecule is CCN(CC)CC(C)NC(C)c1ccc(Br)cc1Cl. The average molecular weight is 348 g/mol. The molecule has 1 rings (SSSR count). The van der Waals surface area contributed by atoms with Crippen molar-refractivity contribution in [3.8, 4) is 0 Å². The van der Waals surface area contributed by atoms with Crippen molar-refractivity contribution in [3.05, 3.63) is 33.3 Å². The molecule has 108 valence electrons. The highest BCUT2D eigenvalue weighted by atomic mass is 79.9. The zero-order valence-electron chi connectivity index (χ0n) is 12.2. The maximum Gasteiger partial charge on any atom is 0.0464 e. The van der Waals surface area contributed by atoms with Crippen molar-refractivity contribution < 1.29 is 0 Å². The summed E-state index contributed by atoms with van der Waals surface area (Å²) in [7, 11) is 0. The van der Waals surface area contributed by atoms with Crippen LogP contribution in [0.3, 0.4) is 0 Å². The van der Waals surface area contributed by atoms with Crippen LogP contribution in [0.1, 0.15) is 39.3 Å². The number of rotatable bonds is 7. The Morgan fingerprint density at radius 3 is 2.42 bits per heavy atom. The average Bonchev–Trinajstić information content (AvgIpc) is 2.35. The molecule has 19 heavy (non-hydrogen) atoms. The Balaban J connectivity index is 2.61. The molecule has 2 unspecified atom stereocenters. The molecule has 0 amide bonds. The molecule has 4 heteroatoms. The summed E-state index contributed by atoms with van der Waals surface area (Å²) >= 11 is 9.72. The normalized spacial score (nSPS) is 14.7. The Morgan fingerprint density at radius 1 is 1.26 bits per heavy atom. The lowest BCUT2D eigenvalue weighted by atomic mass is 10.1. The van der Waals surface area contributed by atoms with Crippen LogP contribution in [-0.2, 0) is 0 Å². The molecule has 0 saturated heterocycles. The molecule has 0 aliphatic rings. The van der Waals surface area contributed by atoms with Crippen molar-refractivity contribution in [1.82, 2.24) is 10.2 Å². The van der Waals surface area contributed by atoms with Crippen LogP contribution in [0.2, 0.25) is 5.02 Å². The highest BCUT2D eigenvalue weighted by Crippen LogP contribution is 2.26. The second-order valence-electron chi connectivity index (χ2n) is 4.94. The molecule has 1 aromatic carbocycles. The van der Waals surface area contributed by atoms with Gasteiger partial charge in [0.2, 0.25) is 0 Å². The Labute approximate surface area is 130 Å². The van der Waals surface area contributed by atoms with Crippen LogP contribution in [0.4, 0.5) is 0 Å². The van der Waals surface area contributed by atoms with Crippen LogP contribution in [0.5, 0.6) is 0 Å². The number of likely N-dealkylation sites (N-methyl/N-ethyl adjacent to an activating group) is 1. The third-order valence-electron chi connectivity index (χ3n) is 3.39. The zero-order valence-corrected chi connectivity index (χ0v) is 14.6. The van der Waals surface area contributed by atoms with Gasteiger partial charge in [-0.05, 0) is 44.6 Å². The van der Waals surface area contributed by atoms with E-state index in [-0.39, 0.29) is 6.04 Å². The fourth-order valence-corrected chi connectivity index (χ4v) is 3.13. The standard InChI is InChI=1S/C15H24BrClN2/c1-5-19(6-2)10-11(3)18-12(4)14-8-7-13(16)9-15(14)17/h7-9,11-12,18H,5-6,10H2,1-4H3. The molecular formula is C15H24BrClN2. The predicted molar refractivity (Wildman–Crippen MR) is 88.0 cm³/mol. The van der Waals surface area contributed by atoms with E-state index < -0.39 is 0 Å². The lowest BCUT2D eigenvalue weighted by Gasteiger charge is -2.26. The first-order chi connectivity index (χ1) is 8.97. The smallest absolute Gasteiger partial charge is 0.0464 e. The third-order valence-corrected chi connectivity index (χ3v) is 4.21. The van der Waals surface area contributed by atoms with E-state index in [2.05, 4.69) is 59.9 Å². The van der Waals surface area contributed by atoms with Crippen molar-refractivity contribution in [2.75, 3.05) is 19.6 Å². The molecule has 0 spiro atoms. The third kappa shape index (κ3) is 5.42. The van der Waals surface area contributed by atoms with Crippen molar-refractivity contribution in [2.45, 2.75) is 39.8 Å². The monoisotopic (exact) mass is 346 g/mol. The largest absolute Gasteiger partial charge is 0.306 e. The van der Waals surface area contributed by atoms with Gasteiger partial charge in [-0.15, -0.1) is 0 Å². The maximum atomic E-state index is 6.29. The first kappa shape index (κ1) is 17.0. The van der Waals surface area contributed by atoms with Gasteiger partial charge >= 0.3 is 0 Å². The van der Waals surface area contributed by atoms with Gasteiger partial charge in [-0.25, -0.2) is 0 Å². The Morgan fingerprint density at radius 2 is 1.89 bits per heavy atom. The van der Waals surface area contributed by atoms with Crippen LogP contribution in [-0.4, -0.2) is 30.6 Å². The zero-order chi connectivity index (χ0) is 14.4. The molecule has 2 atom stereocenters. The van der Waals surface area contributed by atoms with E-state index in [4.69, 9.17) is 11.6 Å². The fraction of sp³-hybridized carbons (Fsp3) is 0.600. The molecule has 0 saturated carbocycles. The summed E-state index contributed by atoms with van der Waals surface area (Å²) in [6, 6.07) is 6.76. The van der Waals surface area contributed by atoms with Crippen molar-refractivity contribution in [2.24, 2.45) is 0 Å². The van der Waals surface area contributed by atoms with E-state index in [1.165, 1.54) is 0 Å². The Hall–Kier alpha value is -0.0900. The highest BCUT2D eigenvalue weighted by molar-refractivity contribution is 9.10. The number of nitrogens with zero attached hydrogens (tertiary/aromatic N) is 1. The summed E-state index contributed by atoms with van der Waals surface area (Å²) in [5, 5.41) is 4.42. The first-order valence-electron chi connectivity index (χ1n) is 6.91. The second kappa shape index (κ2) is 8.25. The minimum absolute atomic E-state index is 0.256. The minimum atomic E-state index is 0.256. The lowest BCUT2D eigenvalue weighted by molar-refractivity contribution is 0.264. The summed E-state index contributed by atoms with van der Waals surface area (Å²) in [6.45, 7) is 12.0. The van der Waals surface area contributed by atoms with Crippen molar-refractivity contribution in [3.63, 3.8) is 0 Å². The van der Waals surface area contributed by atoms with E-state index in [0.717, 1.165) is 34.7 Å². The molecule has 0 aromatic heterocycles. The minimum Gasteiger partial charge on any atom is -0.306 e. The predicted octanol–water partition coefficient (Wildman–Crippen LogP) is 4.48. The van der Waals surface area contributed by atoms with Gasteiger partial charge in [-0.3, -0.25) is 0 Å². The number of benzene rings is 1. The molecule has 2 nitrogen and oxygen atoms in total. The molecule has 0 fully saturated rings. The van der Waals surface area contributed by atoms with Gasteiger partial charge in [0.1, 0.15) is 0 Å². The summed E-state index contributed by atoms with van der Waals surface area (Å²) < 4.78 is 1.02. The molecule has 0 heterocycles. The fourth-order valence-electron chi connectivity index (χ4n) is 2.29. The van der Waals surface area contributed by atoms with Crippen LogP contribution in [0.15, 0.2) is 22.7 Å². The van der Waals surface area contributed by atoms with E-state index >= 15 is 0 Å². The molecule has 0 aliphatic heterocycles. The summed E-state index contributed by atoms with van der Waals surface area (Å²) in [5.41, 5.74) is 1.15. The van der Waals surface area contributed by atoms with Crippen LogP contribution < -0.4 is 5.32 Å². The van der Waals surface area contributed by atoms with Gasteiger partial charge in [0.25, 0.3) is 0 Å². The van der Waals surface area contributed by atoms with E-state index in [1.807, 2.05) is 12.1 Å². The number of nitrogens with one attached hydrogen (secondary N) is 1. The van der Waals surface area contributed by atoms with Gasteiger partial charge < -0.3 is 10.2 Å².